The lowest BCUT2D eigenvalue weighted by atomic mass is 10.1. The third-order valence-corrected chi connectivity index (χ3v) is 4.47. The summed E-state index contributed by atoms with van der Waals surface area (Å²) in [6, 6.07) is 11.2. The molecule has 1 aromatic carbocycles. The van der Waals surface area contributed by atoms with Crippen molar-refractivity contribution in [3.8, 4) is 11.5 Å². The fraction of sp³-hybridized carbons (Fsp3) is 0.333. The van der Waals surface area contributed by atoms with Crippen LogP contribution < -0.4 is 14.4 Å². The van der Waals surface area contributed by atoms with E-state index in [-0.39, 0.29) is 5.91 Å². The smallest absolute Gasteiger partial charge is 0.278 e. The fourth-order valence-corrected chi connectivity index (χ4v) is 3.08. The van der Waals surface area contributed by atoms with Crippen LogP contribution in [0.5, 0.6) is 11.5 Å². The Morgan fingerprint density at radius 1 is 1.15 bits per heavy atom. The third-order valence-electron chi connectivity index (χ3n) is 4.47. The minimum Gasteiger partial charge on any atom is -0.493 e. The number of methoxy groups -OCH3 is 2. The van der Waals surface area contributed by atoms with E-state index in [1.54, 1.807) is 38.3 Å². The van der Waals surface area contributed by atoms with E-state index in [2.05, 4.69) is 18.8 Å². The monoisotopic (exact) mass is 367 g/mol. The van der Waals surface area contributed by atoms with Crippen LogP contribution in [0, 0.1) is 5.92 Å². The number of amides is 1. The zero-order valence-corrected chi connectivity index (χ0v) is 16.4. The zero-order valence-electron chi connectivity index (χ0n) is 16.4. The Hall–Kier alpha value is -3.02. The van der Waals surface area contributed by atoms with E-state index >= 15 is 0 Å². The number of nitrogens with zero attached hydrogens (tertiary/aromatic N) is 3. The number of ether oxygens (including phenoxy) is 2. The fourth-order valence-electron chi connectivity index (χ4n) is 3.08. The summed E-state index contributed by atoms with van der Waals surface area (Å²) >= 11 is 0. The molecule has 0 radical (unpaired) electrons. The van der Waals surface area contributed by atoms with Gasteiger partial charge in [-0.3, -0.25) is 4.79 Å². The van der Waals surface area contributed by atoms with Crippen molar-refractivity contribution < 1.29 is 14.3 Å². The summed E-state index contributed by atoms with van der Waals surface area (Å²) in [4.78, 5) is 19.4. The van der Waals surface area contributed by atoms with E-state index in [0.29, 0.717) is 28.8 Å². The summed E-state index contributed by atoms with van der Waals surface area (Å²) in [6.07, 6.45) is 2.76. The van der Waals surface area contributed by atoms with Crippen molar-refractivity contribution in [3.05, 3.63) is 54.1 Å². The summed E-state index contributed by atoms with van der Waals surface area (Å²) in [5, 5.41) is 0. The Balaban J connectivity index is 2.00. The molecular formula is C21H25N3O3. The molecule has 0 atom stereocenters. The highest BCUT2D eigenvalue weighted by atomic mass is 16.5. The molecule has 0 aliphatic carbocycles. The molecule has 27 heavy (non-hydrogen) atoms. The molecule has 1 amide bonds. The van der Waals surface area contributed by atoms with Crippen molar-refractivity contribution in [1.82, 2.24) is 9.38 Å². The van der Waals surface area contributed by atoms with Crippen LogP contribution in [0.25, 0.3) is 5.52 Å². The predicted octanol–water partition coefficient (Wildman–Crippen LogP) is 3.83. The predicted molar refractivity (Wildman–Crippen MR) is 106 cm³/mol. The second kappa shape index (κ2) is 7.70. The molecule has 142 valence electrons. The standard InChI is InChI=1S/C21H25N3O3/c1-14(2)12-19-22-20(16-8-6-7-11-24(16)19)21(25)23(3)15-9-10-17(26-4)18(13-15)27-5/h6-11,13-14H,12H2,1-5H3. The molecule has 0 aliphatic rings. The average Bonchev–Trinajstić information content (AvgIpc) is 3.04. The van der Waals surface area contributed by atoms with Gasteiger partial charge in [-0.15, -0.1) is 0 Å². The van der Waals surface area contributed by atoms with Gasteiger partial charge in [0, 0.05) is 31.4 Å². The molecule has 2 heterocycles. The van der Waals surface area contributed by atoms with E-state index in [0.717, 1.165) is 17.8 Å². The van der Waals surface area contributed by atoms with E-state index in [4.69, 9.17) is 9.47 Å². The molecule has 0 spiro atoms. The Kier molecular flexibility index (Phi) is 5.35. The summed E-state index contributed by atoms with van der Waals surface area (Å²) in [5.41, 5.74) is 1.97. The van der Waals surface area contributed by atoms with Crippen LogP contribution in [0.4, 0.5) is 5.69 Å². The van der Waals surface area contributed by atoms with E-state index in [1.165, 1.54) is 0 Å². The van der Waals surface area contributed by atoms with Crippen molar-refractivity contribution >= 4 is 17.1 Å². The van der Waals surface area contributed by atoms with Crippen LogP contribution in [0.2, 0.25) is 0 Å². The van der Waals surface area contributed by atoms with Gasteiger partial charge in [0.2, 0.25) is 0 Å². The van der Waals surface area contributed by atoms with Crippen molar-refractivity contribution in [2.24, 2.45) is 5.92 Å². The molecule has 0 saturated heterocycles. The highest BCUT2D eigenvalue weighted by molar-refractivity contribution is 6.09. The van der Waals surface area contributed by atoms with Crippen molar-refractivity contribution in [2.75, 3.05) is 26.2 Å². The minimum atomic E-state index is -0.166. The number of pyridine rings is 1. The Morgan fingerprint density at radius 3 is 2.56 bits per heavy atom. The quantitative estimate of drug-likeness (QED) is 0.664. The normalized spacial score (nSPS) is 11.0. The average molecular weight is 367 g/mol. The number of carbonyl (C=O) groups is 1. The first kappa shape index (κ1) is 18.8. The van der Waals surface area contributed by atoms with Crippen LogP contribution >= 0.6 is 0 Å². The van der Waals surface area contributed by atoms with Gasteiger partial charge in [-0.05, 0) is 30.2 Å². The maximum atomic E-state index is 13.2. The molecule has 6 heteroatoms. The summed E-state index contributed by atoms with van der Waals surface area (Å²) in [5.74, 6) is 2.37. The number of carbonyl (C=O) groups excluding carboxylic acids is 1. The first-order valence-electron chi connectivity index (χ1n) is 8.92. The highest BCUT2D eigenvalue weighted by Crippen LogP contribution is 2.31. The van der Waals surface area contributed by atoms with Gasteiger partial charge in [0.05, 0.1) is 19.7 Å². The van der Waals surface area contributed by atoms with Crippen LogP contribution in [-0.4, -0.2) is 36.6 Å². The molecule has 0 unspecified atom stereocenters. The number of imidazole rings is 1. The van der Waals surface area contributed by atoms with Crippen molar-refractivity contribution in [1.29, 1.82) is 0 Å². The van der Waals surface area contributed by atoms with Crippen LogP contribution in [-0.2, 0) is 6.42 Å². The number of benzene rings is 1. The maximum absolute atomic E-state index is 13.2. The molecule has 6 nitrogen and oxygen atoms in total. The SMILES string of the molecule is COc1ccc(N(C)C(=O)c2nc(CC(C)C)n3ccccc23)cc1OC. The van der Waals surface area contributed by atoms with Crippen LogP contribution in [0.15, 0.2) is 42.6 Å². The summed E-state index contributed by atoms with van der Waals surface area (Å²) in [7, 11) is 4.89. The van der Waals surface area contributed by atoms with Gasteiger partial charge in [0.25, 0.3) is 5.91 Å². The van der Waals surface area contributed by atoms with Gasteiger partial charge >= 0.3 is 0 Å². The number of hydrogen-bond acceptors (Lipinski definition) is 4. The molecule has 0 aliphatic heterocycles. The van der Waals surface area contributed by atoms with E-state index < -0.39 is 0 Å². The molecule has 0 fully saturated rings. The van der Waals surface area contributed by atoms with Gasteiger partial charge in [0.15, 0.2) is 17.2 Å². The molecule has 3 aromatic rings. The first-order valence-corrected chi connectivity index (χ1v) is 8.92. The van der Waals surface area contributed by atoms with Gasteiger partial charge < -0.3 is 18.8 Å². The number of fused-ring (bicyclic) bond motifs is 1. The zero-order chi connectivity index (χ0) is 19.6. The van der Waals surface area contributed by atoms with E-state index in [1.807, 2.05) is 34.9 Å². The second-order valence-corrected chi connectivity index (χ2v) is 6.83. The molecule has 2 aromatic heterocycles. The highest BCUT2D eigenvalue weighted by Gasteiger charge is 2.22. The number of anilines is 1. The number of hydrogen-bond donors (Lipinski definition) is 0. The Bertz CT molecular complexity index is 962. The number of rotatable bonds is 6. The Labute approximate surface area is 159 Å². The molecule has 0 bridgehead atoms. The van der Waals surface area contributed by atoms with E-state index in [9.17, 15) is 4.79 Å². The lowest BCUT2D eigenvalue weighted by molar-refractivity contribution is 0.0990. The molecule has 0 N–H and O–H groups in total. The maximum Gasteiger partial charge on any atom is 0.278 e. The second-order valence-electron chi connectivity index (χ2n) is 6.83. The lowest BCUT2D eigenvalue weighted by Gasteiger charge is -2.18. The largest absolute Gasteiger partial charge is 0.493 e. The number of aromatic nitrogens is 2. The van der Waals surface area contributed by atoms with Crippen molar-refractivity contribution in [3.63, 3.8) is 0 Å². The summed E-state index contributed by atoms with van der Waals surface area (Å²) < 4.78 is 12.6. The minimum absolute atomic E-state index is 0.166. The van der Waals surface area contributed by atoms with Gasteiger partial charge in [-0.2, -0.15) is 0 Å². The lowest BCUT2D eigenvalue weighted by Crippen LogP contribution is -2.26. The third kappa shape index (κ3) is 3.60. The first-order chi connectivity index (χ1) is 13.0. The Morgan fingerprint density at radius 2 is 1.89 bits per heavy atom. The van der Waals surface area contributed by atoms with Crippen molar-refractivity contribution in [2.45, 2.75) is 20.3 Å². The molecule has 3 rings (SSSR count). The topological polar surface area (TPSA) is 56.1 Å². The van der Waals surface area contributed by atoms with Gasteiger partial charge in [-0.25, -0.2) is 4.98 Å². The molecule has 0 saturated carbocycles. The summed E-state index contributed by atoms with van der Waals surface area (Å²) in [6.45, 7) is 4.28. The van der Waals surface area contributed by atoms with Gasteiger partial charge in [0.1, 0.15) is 5.82 Å². The van der Waals surface area contributed by atoms with Gasteiger partial charge in [-0.1, -0.05) is 19.9 Å². The van der Waals surface area contributed by atoms with Crippen LogP contribution in [0.3, 0.4) is 0 Å². The van der Waals surface area contributed by atoms with Crippen LogP contribution in [0.1, 0.15) is 30.2 Å². The molecular weight excluding hydrogens is 342 g/mol.